The third-order valence-electron chi connectivity index (χ3n) is 3.31. The van der Waals surface area contributed by atoms with Crippen LogP contribution in [0.3, 0.4) is 0 Å². The number of hydrogen-bond donors (Lipinski definition) is 2. The first kappa shape index (κ1) is 20.4. The number of carbonyl (C=O) groups is 1. The van der Waals surface area contributed by atoms with Crippen molar-refractivity contribution in [3.8, 4) is 0 Å². The van der Waals surface area contributed by atoms with Gasteiger partial charge in [0.2, 0.25) is 15.9 Å². The van der Waals surface area contributed by atoms with E-state index in [1.807, 2.05) is 0 Å². The molecule has 8 nitrogen and oxygen atoms in total. The molecule has 0 bridgehead atoms. The lowest BCUT2D eigenvalue weighted by atomic mass is 10.2. The summed E-state index contributed by atoms with van der Waals surface area (Å²) in [6.07, 6.45) is 1.03. The van der Waals surface area contributed by atoms with E-state index in [-0.39, 0.29) is 17.3 Å². The van der Waals surface area contributed by atoms with Crippen LogP contribution in [0.25, 0.3) is 0 Å². The summed E-state index contributed by atoms with van der Waals surface area (Å²) in [5.74, 6) is -0.498. The lowest BCUT2D eigenvalue weighted by molar-refractivity contribution is -0.121. The van der Waals surface area contributed by atoms with Crippen molar-refractivity contribution < 1.29 is 21.6 Å². The van der Waals surface area contributed by atoms with Crippen LogP contribution in [0.4, 0.5) is 5.69 Å². The van der Waals surface area contributed by atoms with Crippen LogP contribution in [0.1, 0.15) is 5.56 Å². The Balaban J connectivity index is 2.00. The molecule has 0 saturated carbocycles. The minimum Gasteiger partial charge on any atom is -0.351 e. The van der Waals surface area contributed by atoms with Gasteiger partial charge >= 0.3 is 0 Å². The smallest absolute Gasteiger partial charge is 0.252 e. The zero-order valence-corrected chi connectivity index (χ0v) is 16.6. The second kappa shape index (κ2) is 8.16. The van der Waals surface area contributed by atoms with Crippen molar-refractivity contribution >= 4 is 43.0 Å². The van der Waals surface area contributed by atoms with Crippen molar-refractivity contribution in [1.29, 1.82) is 0 Å². The van der Waals surface area contributed by atoms with Crippen LogP contribution in [-0.2, 0) is 31.4 Å². The Bertz CT molecular complexity index is 970. The molecule has 1 amide bonds. The highest BCUT2D eigenvalue weighted by molar-refractivity contribution is 7.92. The minimum absolute atomic E-state index is 0.0599. The predicted molar refractivity (Wildman–Crippen MR) is 101 cm³/mol. The van der Waals surface area contributed by atoms with Gasteiger partial charge in [0.25, 0.3) is 10.0 Å². The summed E-state index contributed by atoms with van der Waals surface area (Å²) in [6.45, 7) is -0.285. The normalized spacial score (nSPS) is 12.1. The molecule has 0 spiro atoms. The highest BCUT2D eigenvalue weighted by Crippen LogP contribution is 2.19. The van der Waals surface area contributed by atoms with E-state index in [0.29, 0.717) is 11.3 Å². The molecule has 142 valence electrons. The highest BCUT2D eigenvalue weighted by atomic mass is 32.2. The van der Waals surface area contributed by atoms with Crippen molar-refractivity contribution in [1.82, 2.24) is 9.62 Å². The maximum absolute atomic E-state index is 12.3. The topological polar surface area (TPSA) is 113 Å². The summed E-state index contributed by atoms with van der Waals surface area (Å²) in [7, 11) is -5.83. The minimum atomic E-state index is -3.71. The van der Waals surface area contributed by atoms with E-state index in [9.17, 15) is 21.6 Å². The average molecular weight is 418 g/mol. The zero-order valence-electron chi connectivity index (χ0n) is 14.2. The number of thiophene rings is 1. The van der Waals surface area contributed by atoms with Gasteiger partial charge < -0.3 is 5.32 Å². The molecule has 26 heavy (non-hydrogen) atoms. The van der Waals surface area contributed by atoms with Crippen molar-refractivity contribution in [3.05, 3.63) is 47.3 Å². The van der Waals surface area contributed by atoms with Crippen LogP contribution in [0, 0.1) is 0 Å². The SMILES string of the molecule is CN(CC(=O)NCc1ccccc1NS(C)(=O)=O)S(=O)(=O)c1cccs1. The molecule has 0 aliphatic carbocycles. The van der Waals surface area contributed by atoms with E-state index in [2.05, 4.69) is 10.0 Å². The molecule has 1 aromatic heterocycles. The Hall–Kier alpha value is -1.95. The van der Waals surface area contributed by atoms with Crippen molar-refractivity contribution in [2.75, 3.05) is 24.6 Å². The molecule has 1 heterocycles. The molecule has 2 aromatic rings. The Labute approximate surface area is 156 Å². The van der Waals surface area contributed by atoms with Gasteiger partial charge in [0.15, 0.2) is 0 Å². The van der Waals surface area contributed by atoms with Crippen molar-refractivity contribution in [2.24, 2.45) is 0 Å². The number of carbonyl (C=O) groups excluding carboxylic acids is 1. The van der Waals surface area contributed by atoms with Crippen LogP contribution >= 0.6 is 11.3 Å². The molecule has 0 unspecified atom stereocenters. The number of rotatable bonds is 8. The molecule has 0 saturated heterocycles. The van der Waals surface area contributed by atoms with E-state index in [1.54, 1.807) is 35.7 Å². The second-order valence-electron chi connectivity index (χ2n) is 5.50. The van der Waals surface area contributed by atoms with Crippen LogP contribution < -0.4 is 10.0 Å². The number of likely N-dealkylation sites (N-methyl/N-ethyl adjacent to an activating group) is 1. The molecule has 1 aromatic carbocycles. The molecule has 0 atom stereocenters. The number of nitrogens with zero attached hydrogens (tertiary/aromatic N) is 1. The number of sulfonamides is 2. The third kappa shape index (κ3) is 5.53. The Kier molecular flexibility index (Phi) is 6.39. The van der Waals surface area contributed by atoms with Crippen molar-refractivity contribution in [3.63, 3.8) is 0 Å². The van der Waals surface area contributed by atoms with Gasteiger partial charge in [0, 0.05) is 13.6 Å². The number of benzene rings is 1. The van der Waals surface area contributed by atoms with E-state index in [1.165, 1.54) is 13.1 Å². The van der Waals surface area contributed by atoms with E-state index >= 15 is 0 Å². The Morgan fingerprint density at radius 1 is 1.12 bits per heavy atom. The monoisotopic (exact) mass is 417 g/mol. The molecule has 0 aliphatic rings. The lowest BCUT2D eigenvalue weighted by Gasteiger charge is -2.16. The zero-order chi connectivity index (χ0) is 19.4. The molecule has 0 radical (unpaired) electrons. The highest BCUT2D eigenvalue weighted by Gasteiger charge is 2.23. The van der Waals surface area contributed by atoms with Crippen molar-refractivity contribution in [2.45, 2.75) is 10.8 Å². The summed E-state index contributed by atoms with van der Waals surface area (Å²) < 4.78 is 50.9. The van der Waals surface area contributed by atoms with Gasteiger partial charge in [-0.2, -0.15) is 4.31 Å². The molecule has 2 rings (SSSR count). The molecule has 0 fully saturated rings. The summed E-state index contributed by atoms with van der Waals surface area (Å²) in [4.78, 5) is 12.1. The fraction of sp³-hybridized carbons (Fsp3) is 0.267. The Morgan fingerprint density at radius 2 is 1.81 bits per heavy atom. The quantitative estimate of drug-likeness (QED) is 0.667. The van der Waals surface area contributed by atoms with Gasteiger partial charge in [-0.25, -0.2) is 16.8 Å². The molecular formula is C15H19N3O5S3. The first-order valence-electron chi connectivity index (χ1n) is 7.42. The predicted octanol–water partition coefficient (Wildman–Crippen LogP) is 1.06. The standard InChI is InChI=1S/C15H19N3O5S3/c1-18(26(22,23)15-8-5-9-24-15)11-14(19)16-10-12-6-3-4-7-13(12)17-25(2,20)21/h3-9,17H,10-11H2,1-2H3,(H,16,19). The van der Waals surface area contributed by atoms with Gasteiger partial charge in [-0.3, -0.25) is 9.52 Å². The lowest BCUT2D eigenvalue weighted by Crippen LogP contribution is -2.37. The van der Waals surface area contributed by atoms with E-state index < -0.39 is 26.0 Å². The number of anilines is 1. The first-order valence-corrected chi connectivity index (χ1v) is 11.6. The van der Waals surface area contributed by atoms with Crippen LogP contribution in [0.2, 0.25) is 0 Å². The molecule has 0 aliphatic heterocycles. The van der Waals surface area contributed by atoms with Gasteiger partial charge in [0.05, 0.1) is 18.5 Å². The average Bonchev–Trinajstić information content (AvgIpc) is 3.07. The first-order chi connectivity index (χ1) is 12.1. The van der Waals surface area contributed by atoms with Gasteiger partial charge in [-0.1, -0.05) is 24.3 Å². The third-order valence-corrected chi connectivity index (χ3v) is 7.08. The summed E-state index contributed by atoms with van der Waals surface area (Å²) >= 11 is 1.08. The van der Waals surface area contributed by atoms with Gasteiger partial charge in [-0.15, -0.1) is 11.3 Å². The maximum atomic E-state index is 12.3. The number of hydrogen-bond acceptors (Lipinski definition) is 6. The summed E-state index contributed by atoms with van der Waals surface area (Å²) in [6, 6.07) is 9.72. The van der Waals surface area contributed by atoms with Gasteiger partial charge in [0.1, 0.15) is 4.21 Å². The summed E-state index contributed by atoms with van der Waals surface area (Å²) in [5, 5.41) is 4.24. The van der Waals surface area contributed by atoms with E-state index in [0.717, 1.165) is 21.9 Å². The molecule has 2 N–H and O–H groups in total. The number of para-hydroxylation sites is 1. The summed E-state index contributed by atoms with van der Waals surface area (Å²) in [5.41, 5.74) is 0.921. The van der Waals surface area contributed by atoms with Crippen LogP contribution in [0.15, 0.2) is 46.0 Å². The van der Waals surface area contributed by atoms with E-state index in [4.69, 9.17) is 0 Å². The maximum Gasteiger partial charge on any atom is 0.252 e. The second-order valence-corrected chi connectivity index (χ2v) is 10.5. The van der Waals surface area contributed by atoms with Crippen LogP contribution in [-0.4, -0.2) is 46.9 Å². The number of nitrogens with one attached hydrogen (secondary N) is 2. The molecular weight excluding hydrogens is 398 g/mol. The fourth-order valence-electron chi connectivity index (χ4n) is 2.07. The largest absolute Gasteiger partial charge is 0.351 e. The number of amides is 1. The Morgan fingerprint density at radius 3 is 2.42 bits per heavy atom. The van der Waals surface area contributed by atoms with Crippen LogP contribution in [0.5, 0.6) is 0 Å². The fourth-order valence-corrected chi connectivity index (χ4v) is 5.00. The van der Waals surface area contributed by atoms with Gasteiger partial charge in [-0.05, 0) is 23.1 Å². The molecule has 11 heteroatoms.